The predicted octanol–water partition coefficient (Wildman–Crippen LogP) is 5.60. The summed E-state index contributed by atoms with van der Waals surface area (Å²) in [5.74, 6) is 0. The molecule has 0 amide bonds. The van der Waals surface area contributed by atoms with Crippen LogP contribution in [0, 0.1) is 0 Å². The number of hydrogen-bond donors (Lipinski definition) is 0. The number of rotatable bonds is 4. The van der Waals surface area contributed by atoms with Crippen molar-refractivity contribution < 1.29 is 13.2 Å². The summed E-state index contributed by atoms with van der Waals surface area (Å²) in [4.78, 5) is 9.37. The average molecular weight is 465 g/mol. The number of pyridine rings is 1. The number of halogens is 3. The van der Waals surface area contributed by atoms with E-state index < -0.39 is 11.7 Å². The Bertz CT molecular complexity index is 1300. The van der Waals surface area contributed by atoms with Crippen LogP contribution in [0.25, 0.3) is 22.2 Å². The lowest BCUT2D eigenvalue weighted by molar-refractivity contribution is -0.137. The van der Waals surface area contributed by atoms with Crippen LogP contribution in [0.3, 0.4) is 0 Å². The van der Waals surface area contributed by atoms with Gasteiger partial charge in [-0.15, -0.1) is 0 Å². The van der Waals surface area contributed by atoms with Crippen molar-refractivity contribution in [1.82, 2.24) is 14.5 Å². The number of aryl methyl sites for hydroxylation is 1. The van der Waals surface area contributed by atoms with Crippen molar-refractivity contribution in [3.63, 3.8) is 0 Å². The Morgan fingerprint density at radius 3 is 2.32 bits per heavy atom. The molecular formula is C27H27F3N4. The van der Waals surface area contributed by atoms with Gasteiger partial charge in [-0.2, -0.15) is 13.2 Å². The molecule has 4 nitrogen and oxygen atoms in total. The van der Waals surface area contributed by atoms with E-state index in [0.717, 1.165) is 54.5 Å². The summed E-state index contributed by atoms with van der Waals surface area (Å²) >= 11 is 0. The maximum Gasteiger partial charge on any atom is 0.416 e. The highest BCUT2D eigenvalue weighted by Crippen LogP contribution is 2.34. The van der Waals surface area contributed by atoms with E-state index >= 15 is 0 Å². The Morgan fingerprint density at radius 1 is 0.882 bits per heavy atom. The van der Waals surface area contributed by atoms with Gasteiger partial charge in [-0.3, -0.25) is 4.98 Å². The third kappa shape index (κ3) is 4.53. The van der Waals surface area contributed by atoms with Crippen LogP contribution in [0.5, 0.6) is 0 Å². The maximum absolute atomic E-state index is 13.2. The number of anilines is 1. The highest BCUT2D eigenvalue weighted by molar-refractivity contribution is 5.86. The zero-order valence-electron chi connectivity index (χ0n) is 19.3. The summed E-state index contributed by atoms with van der Waals surface area (Å²) in [6.45, 7) is 4.22. The summed E-state index contributed by atoms with van der Waals surface area (Å²) in [5.41, 5.74) is 4.92. The lowest BCUT2D eigenvalue weighted by atomic mass is 10.1. The molecule has 1 saturated heterocycles. The van der Waals surface area contributed by atoms with Gasteiger partial charge in [-0.25, -0.2) is 0 Å². The third-order valence-electron chi connectivity index (χ3n) is 6.66. The first-order valence-electron chi connectivity index (χ1n) is 11.4. The van der Waals surface area contributed by atoms with E-state index in [-0.39, 0.29) is 0 Å². The standard InChI is InChI=1S/C27H27F3N4/c1-32-10-12-34(13-11-32)24-8-6-19(7-9-24)14-23-17-26-21(18-31-23)16-25(33(26)2)20-4-3-5-22(15-20)27(28,29)30/h3-9,15-18H,10-14H2,1-2H3. The molecule has 0 saturated carbocycles. The Balaban J connectivity index is 1.37. The summed E-state index contributed by atoms with van der Waals surface area (Å²) in [6, 6.07) is 18.0. The molecule has 2 aromatic carbocycles. The summed E-state index contributed by atoms with van der Waals surface area (Å²) in [5, 5.41) is 0.907. The van der Waals surface area contributed by atoms with E-state index in [1.54, 1.807) is 12.3 Å². The van der Waals surface area contributed by atoms with E-state index in [9.17, 15) is 13.2 Å². The van der Waals surface area contributed by atoms with Gasteiger partial charge in [-0.1, -0.05) is 24.3 Å². The number of alkyl halides is 3. The molecule has 0 bridgehead atoms. The Hall–Kier alpha value is -3.32. The lowest BCUT2D eigenvalue weighted by Crippen LogP contribution is -2.44. The zero-order chi connectivity index (χ0) is 23.9. The van der Waals surface area contributed by atoms with Crippen LogP contribution in [0.2, 0.25) is 0 Å². The smallest absolute Gasteiger partial charge is 0.369 e. The van der Waals surface area contributed by atoms with E-state index in [1.165, 1.54) is 23.4 Å². The number of fused-ring (bicyclic) bond motifs is 1. The second kappa shape index (κ2) is 8.80. The Kier molecular flexibility index (Phi) is 5.81. The molecule has 2 aromatic heterocycles. The van der Waals surface area contributed by atoms with Crippen molar-refractivity contribution >= 4 is 16.6 Å². The maximum atomic E-state index is 13.2. The first kappa shape index (κ1) is 22.5. The number of benzene rings is 2. The molecule has 0 spiro atoms. The highest BCUT2D eigenvalue weighted by Gasteiger charge is 2.30. The lowest BCUT2D eigenvalue weighted by Gasteiger charge is -2.34. The van der Waals surface area contributed by atoms with Crippen molar-refractivity contribution in [3.05, 3.63) is 83.7 Å². The minimum atomic E-state index is -4.37. The van der Waals surface area contributed by atoms with Crippen molar-refractivity contribution in [2.75, 3.05) is 38.1 Å². The monoisotopic (exact) mass is 464 g/mol. The molecular weight excluding hydrogens is 437 g/mol. The van der Waals surface area contributed by atoms with Crippen LogP contribution in [0.15, 0.2) is 66.9 Å². The van der Waals surface area contributed by atoms with Gasteiger partial charge in [0, 0.05) is 68.3 Å². The van der Waals surface area contributed by atoms with Crippen molar-refractivity contribution in [1.29, 1.82) is 0 Å². The zero-order valence-corrected chi connectivity index (χ0v) is 19.3. The van der Waals surface area contributed by atoms with Crippen LogP contribution >= 0.6 is 0 Å². The number of piperazine rings is 1. The van der Waals surface area contributed by atoms with Crippen LogP contribution in [-0.4, -0.2) is 47.7 Å². The largest absolute Gasteiger partial charge is 0.416 e. The summed E-state index contributed by atoms with van der Waals surface area (Å²) < 4.78 is 41.5. The van der Waals surface area contributed by atoms with Crippen molar-refractivity contribution in [2.45, 2.75) is 12.6 Å². The van der Waals surface area contributed by atoms with Crippen molar-refractivity contribution in [3.8, 4) is 11.3 Å². The minimum absolute atomic E-state index is 0.537. The second-order valence-electron chi connectivity index (χ2n) is 9.04. The van der Waals surface area contributed by atoms with Gasteiger partial charge >= 0.3 is 6.18 Å². The molecule has 1 aliphatic rings. The molecule has 0 N–H and O–H groups in total. The second-order valence-corrected chi connectivity index (χ2v) is 9.04. The van der Waals surface area contributed by atoms with Crippen LogP contribution < -0.4 is 4.90 Å². The number of aromatic nitrogens is 2. The topological polar surface area (TPSA) is 24.3 Å². The third-order valence-corrected chi connectivity index (χ3v) is 6.66. The first-order valence-corrected chi connectivity index (χ1v) is 11.4. The SMILES string of the molecule is CN1CCN(c2ccc(Cc3cc4c(cn3)cc(-c3cccc(C(F)(F)F)c3)n4C)cc2)CC1. The van der Waals surface area contributed by atoms with E-state index in [0.29, 0.717) is 12.0 Å². The predicted molar refractivity (Wildman–Crippen MR) is 130 cm³/mol. The van der Waals surface area contributed by atoms with Gasteiger partial charge in [0.15, 0.2) is 0 Å². The van der Waals surface area contributed by atoms with E-state index in [1.807, 2.05) is 23.7 Å². The fraction of sp³-hybridized carbons (Fsp3) is 0.296. The van der Waals surface area contributed by atoms with E-state index in [4.69, 9.17) is 0 Å². The summed E-state index contributed by atoms with van der Waals surface area (Å²) in [6.07, 6.45) is -1.86. The Labute approximate surface area is 197 Å². The van der Waals surface area contributed by atoms with Gasteiger partial charge in [0.25, 0.3) is 0 Å². The van der Waals surface area contributed by atoms with Crippen molar-refractivity contribution in [2.24, 2.45) is 7.05 Å². The molecule has 0 aliphatic carbocycles. The molecule has 4 aromatic rings. The van der Waals surface area contributed by atoms with Gasteiger partial charge in [-0.05, 0) is 54.6 Å². The summed E-state index contributed by atoms with van der Waals surface area (Å²) in [7, 11) is 4.03. The fourth-order valence-electron chi connectivity index (χ4n) is 4.60. The van der Waals surface area contributed by atoms with Crippen LogP contribution in [-0.2, 0) is 19.6 Å². The molecule has 5 rings (SSSR count). The normalized spacial score (nSPS) is 15.3. The van der Waals surface area contributed by atoms with Gasteiger partial charge in [0.1, 0.15) is 0 Å². The number of nitrogens with zero attached hydrogens (tertiary/aromatic N) is 4. The number of likely N-dealkylation sites (N-methyl/N-ethyl adjacent to an activating group) is 1. The fourth-order valence-corrected chi connectivity index (χ4v) is 4.60. The first-order chi connectivity index (χ1) is 16.3. The quantitative estimate of drug-likeness (QED) is 0.393. The molecule has 7 heteroatoms. The average Bonchev–Trinajstić information content (AvgIpc) is 3.16. The Morgan fingerprint density at radius 2 is 1.62 bits per heavy atom. The molecule has 1 aliphatic heterocycles. The van der Waals surface area contributed by atoms with E-state index in [2.05, 4.69) is 46.1 Å². The molecule has 34 heavy (non-hydrogen) atoms. The molecule has 176 valence electrons. The minimum Gasteiger partial charge on any atom is -0.369 e. The number of hydrogen-bond acceptors (Lipinski definition) is 3. The van der Waals surface area contributed by atoms with Gasteiger partial charge < -0.3 is 14.4 Å². The molecule has 0 atom stereocenters. The molecule has 1 fully saturated rings. The van der Waals surface area contributed by atoms with Crippen LogP contribution in [0.1, 0.15) is 16.8 Å². The highest BCUT2D eigenvalue weighted by atomic mass is 19.4. The molecule has 0 radical (unpaired) electrons. The van der Waals surface area contributed by atoms with Gasteiger partial charge in [0.05, 0.1) is 11.1 Å². The van der Waals surface area contributed by atoms with Gasteiger partial charge in [0.2, 0.25) is 0 Å². The molecule has 3 heterocycles. The van der Waals surface area contributed by atoms with Crippen LogP contribution in [0.4, 0.5) is 18.9 Å². The molecule has 0 unspecified atom stereocenters.